The number of carbonyl (C=O) groups is 1. The highest BCUT2D eigenvalue weighted by Crippen LogP contribution is 2.46. The fourth-order valence-corrected chi connectivity index (χ4v) is 4.74. The van der Waals surface area contributed by atoms with Gasteiger partial charge in [-0.05, 0) is 17.7 Å². The average Bonchev–Trinajstić information content (AvgIpc) is 3.33. The molecule has 2 aromatic heterocycles. The summed E-state index contributed by atoms with van der Waals surface area (Å²) in [6, 6.07) is 14.1. The van der Waals surface area contributed by atoms with Crippen LogP contribution in [0.1, 0.15) is 22.1 Å². The Bertz CT molecular complexity index is 999. The van der Waals surface area contributed by atoms with Crippen LogP contribution < -0.4 is 4.90 Å². The quantitative estimate of drug-likeness (QED) is 0.667. The third-order valence-corrected chi connectivity index (χ3v) is 6.11. The van der Waals surface area contributed by atoms with E-state index in [0.29, 0.717) is 29.1 Å². The van der Waals surface area contributed by atoms with Crippen LogP contribution in [0.2, 0.25) is 5.02 Å². The standard InChI is InChI=1S/C22H20ClN5O/c23-17-6-7-20(26-10-17)27-12-16-13-28(22(29)19-11-24-8-9-25-19)21(18(16)14-27)15-4-2-1-3-5-15/h1-11,16,18,21H,12-14H2/t16-,18-,21+/m0/s1. The molecule has 6 nitrogen and oxygen atoms in total. The Morgan fingerprint density at radius 2 is 1.83 bits per heavy atom. The molecular formula is C22H20ClN5O. The smallest absolute Gasteiger partial charge is 0.274 e. The van der Waals surface area contributed by atoms with Crippen molar-refractivity contribution in [2.75, 3.05) is 24.5 Å². The summed E-state index contributed by atoms with van der Waals surface area (Å²) < 4.78 is 0. The summed E-state index contributed by atoms with van der Waals surface area (Å²) in [5.41, 5.74) is 1.55. The third kappa shape index (κ3) is 3.34. The highest BCUT2D eigenvalue weighted by molar-refractivity contribution is 6.30. The SMILES string of the molecule is O=C(c1cnccn1)N1C[C@@H]2CN(c3ccc(Cl)cn3)C[C@@H]2[C@H]1c1ccccc1. The van der Waals surface area contributed by atoms with Crippen LogP contribution in [0.3, 0.4) is 0 Å². The number of carbonyl (C=O) groups excluding carboxylic acids is 1. The van der Waals surface area contributed by atoms with E-state index in [0.717, 1.165) is 24.5 Å². The summed E-state index contributed by atoms with van der Waals surface area (Å²) in [5.74, 6) is 1.58. The first kappa shape index (κ1) is 18.1. The molecule has 146 valence electrons. The van der Waals surface area contributed by atoms with Gasteiger partial charge in [0.1, 0.15) is 11.5 Å². The molecule has 3 aromatic rings. The first-order valence-corrected chi connectivity index (χ1v) is 10.1. The van der Waals surface area contributed by atoms with Crippen molar-refractivity contribution in [3.63, 3.8) is 0 Å². The number of likely N-dealkylation sites (tertiary alicyclic amines) is 1. The van der Waals surface area contributed by atoms with E-state index in [1.54, 1.807) is 24.8 Å². The maximum Gasteiger partial charge on any atom is 0.274 e. The van der Waals surface area contributed by atoms with Crippen molar-refractivity contribution in [2.24, 2.45) is 11.8 Å². The number of rotatable bonds is 3. The van der Waals surface area contributed by atoms with E-state index in [2.05, 4.69) is 32.0 Å². The van der Waals surface area contributed by atoms with Crippen LogP contribution in [0.5, 0.6) is 0 Å². The largest absolute Gasteiger partial charge is 0.356 e. The first-order chi connectivity index (χ1) is 14.2. The molecule has 1 amide bonds. The summed E-state index contributed by atoms with van der Waals surface area (Å²) in [7, 11) is 0. The molecule has 0 spiro atoms. The van der Waals surface area contributed by atoms with Gasteiger partial charge in [0, 0.05) is 50.1 Å². The normalized spacial score (nSPS) is 23.3. The van der Waals surface area contributed by atoms with E-state index in [4.69, 9.17) is 11.6 Å². The summed E-state index contributed by atoms with van der Waals surface area (Å²) in [6.45, 7) is 2.42. The molecule has 7 heteroatoms. The molecule has 0 saturated carbocycles. The van der Waals surface area contributed by atoms with Gasteiger partial charge in [0.15, 0.2) is 0 Å². The zero-order valence-corrected chi connectivity index (χ0v) is 16.5. The molecule has 0 unspecified atom stereocenters. The topological polar surface area (TPSA) is 62.2 Å². The fourth-order valence-electron chi connectivity index (χ4n) is 4.63. The van der Waals surface area contributed by atoms with E-state index >= 15 is 0 Å². The lowest BCUT2D eigenvalue weighted by molar-refractivity contribution is 0.0709. The molecule has 0 N–H and O–H groups in total. The number of fused-ring (bicyclic) bond motifs is 1. The van der Waals surface area contributed by atoms with Gasteiger partial charge in [-0.3, -0.25) is 9.78 Å². The van der Waals surface area contributed by atoms with Crippen LogP contribution in [0.25, 0.3) is 0 Å². The second-order valence-corrected chi connectivity index (χ2v) is 8.00. The highest BCUT2D eigenvalue weighted by atomic mass is 35.5. The van der Waals surface area contributed by atoms with Crippen molar-refractivity contribution >= 4 is 23.3 Å². The third-order valence-electron chi connectivity index (χ3n) is 5.88. The van der Waals surface area contributed by atoms with Gasteiger partial charge in [0.25, 0.3) is 5.91 Å². The first-order valence-electron chi connectivity index (χ1n) is 9.69. The number of nitrogens with zero attached hydrogens (tertiary/aromatic N) is 5. The Kier molecular flexibility index (Phi) is 4.64. The molecule has 2 aliphatic rings. The van der Waals surface area contributed by atoms with Crippen LogP contribution in [-0.4, -0.2) is 45.4 Å². The lowest BCUT2D eigenvalue weighted by Gasteiger charge is -2.30. The van der Waals surface area contributed by atoms with Gasteiger partial charge in [-0.25, -0.2) is 9.97 Å². The van der Waals surface area contributed by atoms with Gasteiger partial charge in [0.05, 0.1) is 17.3 Å². The summed E-state index contributed by atoms with van der Waals surface area (Å²) in [4.78, 5) is 30.3. The van der Waals surface area contributed by atoms with E-state index in [1.807, 2.05) is 35.2 Å². The molecule has 29 heavy (non-hydrogen) atoms. The van der Waals surface area contributed by atoms with Crippen LogP contribution in [0, 0.1) is 11.8 Å². The van der Waals surface area contributed by atoms with Gasteiger partial charge in [-0.15, -0.1) is 0 Å². The van der Waals surface area contributed by atoms with Gasteiger partial charge in [-0.2, -0.15) is 0 Å². The molecule has 0 radical (unpaired) electrons. The summed E-state index contributed by atoms with van der Waals surface area (Å²) >= 11 is 5.99. The Morgan fingerprint density at radius 3 is 2.55 bits per heavy atom. The minimum atomic E-state index is -0.0579. The second kappa shape index (κ2) is 7.44. The predicted molar refractivity (Wildman–Crippen MR) is 111 cm³/mol. The van der Waals surface area contributed by atoms with Crippen molar-refractivity contribution < 1.29 is 4.79 Å². The Balaban J connectivity index is 1.46. The Morgan fingerprint density at radius 1 is 0.966 bits per heavy atom. The minimum Gasteiger partial charge on any atom is -0.356 e. The number of aromatic nitrogens is 3. The predicted octanol–water partition coefficient (Wildman–Crippen LogP) is 3.47. The average molecular weight is 406 g/mol. The van der Waals surface area contributed by atoms with Crippen molar-refractivity contribution in [2.45, 2.75) is 6.04 Å². The monoisotopic (exact) mass is 405 g/mol. The molecule has 5 rings (SSSR count). The molecule has 4 heterocycles. The number of amides is 1. The second-order valence-electron chi connectivity index (χ2n) is 7.57. The zero-order valence-electron chi connectivity index (χ0n) is 15.7. The fraction of sp³-hybridized carbons (Fsp3) is 0.273. The Labute approximate surface area is 174 Å². The number of benzene rings is 1. The van der Waals surface area contributed by atoms with Gasteiger partial charge in [-0.1, -0.05) is 41.9 Å². The summed E-state index contributed by atoms with van der Waals surface area (Å²) in [6.07, 6.45) is 6.38. The number of anilines is 1. The molecule has 1 aromatic carbocycles. The number of halogens is 1. The van der Waals surface area contributed by atoms with Gasteiger partial charge < -0.3 is 9.80 Å². The van der Waals surface area contributed by atoms with Crippen LogP contribution >= 0.6 is 11.6 Å². The van der Waals surface area contributed by atoms with E-state index in [-0.39, 0.29) is 11.9 Å². The van der Waals surface area contributed by atoms with Crippen LogP contribution in [0.4, 0.5) is 5.82 Å². The van der Waals surface area contributed by atoms with Gasteiger partial charge in [0.2, 0.25) is 0 Å². The summed E-state index contributed by atoms with van der Waals surface area (Å²) in [5, 5.41) is 0.635. The zero-order chi connectivity index (χ0) is 19.8. The van der Waals surface area contributed by atoms with Crippen LogP contribution in [0.15, 0.2) is 67.3 Å². The van der Waals surface area contributed by atoms with E-state index < -0.39 is 0 Å². The van der Waals surface area contributed by atoms with Gasteiger partial charge >= 0.3 is 0 Å². The van der Waals surface area contributed by atoms with Crippen molar-refractivity contribution in [1.82, 2.24) is 19.9 Å². The molecule has 0 aliphatic carbocycles. The maximum atomic E-state index is 13.2. The molecule has 2 saturated heterocycles. The minimum absolute atomic E-state index is 0.00741. The molecule has 0 bridgehead atoms. The van der Waals surface area contributed by atoms with E-state index in [1.165, 1.54) is 0 Å². The molecular weight excluding hydrogens is 386 g/mol. The molecule has 2 fully saturated rings. The number of hydrogen-bond donors (Lipinski definition) is 0. The van der Waals surface area contributed by atoms with Crippen molar-refractivity contribution in [1.29, 1.82) is 0 Å². The molecule has 2 aliphatic heterocycles. The highest BCUT2D eigenvalue weighted by Gasteiger charge is 2.49. The van der Waals surface area contributed by atoms with E-state index in [9.17, 15) is 4.79 Å². The Hall–Kier alpha value is -2.99. The number of hydrogen-bond acceptors (Lipinski definition) is 5. The van der Waals surface area contributed by atoms with Crippen LogP contribution in [-0.2, 0) is 0 Å². The lowest BCUT2D eigenvalue weighted by atomic mass is 9.89. The van der Waals surface area contributed by atoms with Crippen molar-refractivity contribution in [3.8, 4) is 0 Å². The maximum absolute atomic E-state index is 13.2. The van der Waals surface area contributed by atoms with Crippen molar-refractivity contribution in [3.05, 3.63) is 83.5 Å². The number of pyridine rings is 1. The lowest BCUT2D eigenvalue weighted by Crippen LogP contribution is -2.36. The molecule has 3 atom stereocenters.